The topological polar surface area (TPSA) is 55.1 Å². The predicted octanol–water partition coefficient (Wildman–Crippen LogP) is 2.12. The highest BCUT2D eigenvalue weighted by Gasteiger charge is 2.14. The number of rotatable bonds is 4. The summed E-state index contributed by atoms with van der Waals surface area (Å²) in [5.41, 5.74) is 0.307. The first-order valence-corrected chi connectivity index (χ1v) is 5.31. The Bertz CT molecular complexity index is 336. The van der Waals surface area contributed by atoms with Crippen LogP contribution in [0.25, 0.3) is 0 Å². The van der Waals surface area contributed by atoms with Gasteiger partial charge in [-0.05, 0) is 27.2 Å². The highest BCUT2D eigenvalue weighted by Crippen LogP contribution is 2.06. The average Bonchev–Trinajstić information content (AvgIpc) is 2.49. The van der Waals surface area contributed by atoms with Crippen molar-refractivity contribution in [3.8, 4) is 0 Å². The molecule has 0 saturated heterocycles. The van der Waals surface area contributed by atoms with Crippen molar-refractivity contribution in [2.24, 2.45) is 0 Å². The van der Waals surface area contributed by atoms with Gasteiger partial charge in [0.25, 0.3) is 5.91 Å². The number of aromatic nitrogens is 1. The molecule has 1 N–H and O–H groups in total. The minimum absolute atomic E-state index is 0.0296. The Morgan fingerprint density at radius 2 is 2.33 bits per heavy atom. The fourth-order valence-electron chi connectivity index (χ4n) is 1.32. The van der Waals surface area contributed by atoms with Gasteiger partial charge in [0.15, 0.2) is 5.69 Å². The number of hydrogen-bond donors (Lipinski definition) is 1. The summed E-state index contributed by atoms with van der Waals surface area (Å²) in [7, 11) is 0. The minimum Gasteiger partial charge on any atom is -0.361 e. The number of carbonyl (C=O) groups excluding carboxylic acids is 1. The van der Waals surface area contributed by atoms with Crippen molar-refractivity contribution in [3.05, 3.63) is 17.5 Å². The zero-order chi connectivity index (χ0) is 11.4. The van der Waals surface area contributed by atoms with Gasteiger partial charge in [-0.25, -0.2) is 0 Å². The van der Waals surface area contributed by atoms with Crippen LogP contribution in [0.15, 0.2) is 10.6 Å². The number of hydrogen-bond acceptors (Lipinski definition) is 3. The lowest BCUT2D eigenvalue weighted by Gasteiger charge is -2.13. The maximum Gasteiger partial charge on any atom is 0.273 e. The van der Waals surface area contributed by atoms with E-state index in [0.717, 1.165) is 6.42 Å². The van der Waals surface area contributed by atoms with E-state index in [4.69, 9.17) is 16.1 Å². The second-order valence-corrected chi connectivity index (χ2v) is 4.46. The standard InChI is InChI=1S/C10H15ClN2O2/c1-6(11)4-7(2)12-10(14)9-5-8(3)15-13-9/h5-7H,4H2,1-3H3,(H,12,14). The zero-order valence-corrected chi connectivity index (χ0v) is 9.84. The summed E-state index contributed by atoms with van der Waals surface area (Å²) in [5.74, 6) is 0.398. The van der Waals surface area contributed by atoms with E-state index in [1.54, 1.807) is 13.0 Å². The number of aryl methyl sites for hydroxylation is 1. The van der Waals surface area contributed by atoms with Crippen LogP contribution in [-0.4, -0.2) is 22.5 Å². The molecule has 15 heavy (non-hydrogen) atoms. The first kappa shape index (κ1) is 12.0. The van der Waals surface area contributed by atoms with Crippen molar-refractivity contribution in [2.75, 3.05) is 0 Å². The number of amides is 1. The van der Waals surface area contributed by atoms with Crippen LogP contribution in [0.4, 0.5) is 0 Å². The van der Waals surface area contributed by atoms with Crippen LogP contribution in [0, 0.1) is 6.92 Å². The van der Waals surface area contributed by atoms with Crippen LogP contribution >= 0.6 is 11.6 Å². The minimum atomic E-state index is -0.225. The largest absolute Gasteiger partial charge is 0.361 e. The van der Waals surface area contributed by atoms with Crippen LogP contribution in [0.5, 0.6) is 0 Å². The van der Waals surface area contributed by atoms with Gasteiger partial charge in [-0.2, -0.15) is 0 Å². The van der Waals surface area contributed by atoms with Gasteiger partial charge in [0.2, 0.25) is 0 Å². The Morgan fingerprint density at radius 3 is 2.80 bits per heavy atom. The molecule has 0 fully saturated rings. The molecule has 0 aliphatic rings. The molecule has 1 aromatic heterocycles. The van der Waals surface area contributed by atoms with Crippen molar-refractivity contribution < 1.29 is 9.32 Å². The van der Waals surface area contributed by atoms with Crippen LogP contribution in [0.1, 0.15) is 36.5 Å². The van der Waals surface area contributed by atoms with Gasteiger partial charge in [-0.1, -0.05) is 5.16 Å². The van der Waals surface area contributed by atoms with Gasteiger partial charge in [0, 0.05) is 17.5 Å². The van der Waals surface area contributed by atoms with Gasteiger partial charge in [-0.15, -0.1) is 11.6 Å². The molecule has 1 aromatic rings. The van der Waals surface area contributed by atoms with Crippen molar-refractivity contribution in [2.45, 2.75) is 38.6 Å². The van der Waals surface area contributed by atoms with E-state index in [2.05, 4.69) is 10.5 Å². The monoisotopic (exact) mass is 230 g/mol. The van der Waals surface area contributed by atoms with Crippen LogP contribution < -0.4 is 5.32 Å². The molecule has 0 saturated carbocycles. The van der Waals surface area contributed by atoms with Crippen molar-refractivity contribution in [1.29, 1.82) is 0 Å². The average molecular weight is 231 g/mol. The van der Waals surface area contributed by atoms with E-state index >= 15 is 0 Å². The Morgan fingerprint density at radius 1 is 1.67 bits per heavy atom. The third-order valence-corrected chi connectivity index (χ3v) is 2.09. The number of halogens is 1. The van der Waals surface area contributed by atoms with Crippen LogP contribution in [-0.2, 0) is 0 Å². The summed E-state index contributed by atoms with van der Waals surface area (Å²) in [4.78, 5) is 11.6. The van der Waals surface area contributed by atoms with E-state index in [1.807, 2.05) is 13.8 Å². The molecule has 2 unspecified atom stereocenters. The Kier molecular flexibility index (Phi) is 4.15. The Balaban J connectivity index is 2.49. The number of carbonyl (C=O) groups is 1. The van der Waals surface area contributed by atoms with Gasteiger partial charge in [-0.3, -0.25) is 4.79 Å². The fourth-order valence-corrected chi connectivity index (χ4v) is 1.58. The molecule has 0 aliphatic carbocycles. The van der Waals surface area contributed by atoms with Gasteiger partial charge >= 0.3 is 0 Å². The number of nitrogens with one attached hydrogen (secondary N) is 1. The molecule has 1 amide bonds. The predicted molar refractivity (Wildman–Crippen MR) is 58.1 cm³/mol. The summed E-state index contributed by atoms with van der Waals surface area (Å²) >= 11 is 5.82. The summed E-state index contributed by atoms with van der Waals surface area (Å²) in [6, 6.07) is 1.63. The van der Waals surface area contributed by atoms with E-state index in [-0.39, 0.29) is 17.3 Å². The molecule has 0 radical (unpaired) electrons. The molecule has 0 aromatic carbocycles. The second kappa shape index (κ2) is 5.16. The Labute approximate surface area is 94.0 Å². The lowest BCUT2D eigenvalue weighted by Crippen LogP contribution is -2.34. The molecule has 1 rings (SSSR count). The van der Waals surface area contributed by atoms with Crippen molar-refractivity contribution >= 4 is 17.5 Å². The Hall–Kier alpha value is -1.03. The normalized spacial score (nSPS) is 14.7. The van der Waals surface area contributed by atoms with E-state index in [1.165, 1.54) is 0 Å². The molecule has 0 spiro atoms. The first-order chi connectivity index (χ1) is 6.99. The number of nitrogens with zero attached hydrogens (tertiary/aromatic N) is 1. The van der Waals surface area contributed by atoms with Crippen LogP contribution in [0.3, 0.4) is 0 Å². The zero-order valence-electron chi connectivity index (χ0n) is 9.08. The molecule has 5 heteroatoms. The lowest BCUT2D eigenvalue weighted by atomic mass is 10.2. The molecule has 0 aliphatic heterocycles. The van der Waals surface area contributed by atoms with E-state index < -0.39 is 0 Å². The highest BCUT2D eigenvalue weighted by molar-refractivity contribution is 6.20. The third kappa shape index (κ3) is 3.91. The molecule has 4 nitrogen and oxygen atoms in total. The maximum absolute atomic E-state index is 11.6. The molecular weight excluding hydrogens is 216 g/mol. The maximum atomic E-state index is 11.6. The SMILES string of the molecule is Cc1cc(C(=O)NC(C)CC(C)Cl)no1. The van der Waals surface area contributed by atoms with Crippen molar-refractivity contribution in [1.82, 2.24) is 10.5 Å². The van der Waals surface area contributed by atoms with Gasteiger partial charge in [0.1, 0.15) is 5.76 Å². The third-order valence-electron chi connectivity index (χ3n) is 1.92. The van der Waals surface area contributed by atoms with E-state index in [0.29, 0.717) is 11.5 Å². The van der Waals surface area contributed by atoms with Gasteiger partial charge < -0.3 is 9.84 Å². The molecule has 0 bridgehead atoms. The van der Waals surface area contributed by atoms with Crippen LogP contribution in [0.2, 0.25) is 0 Å². The van der Waals surface area contributed by atoms with Crippen molar-refractivity contribution in [3.63, 3.8) is 0 Å². The summed E-state index contributed by atoms with van der Waals surface area (Å²) in [6.45, 7) is 5.54. The second-order valence-electron chi connectivity index (χ2n) is 3.71. The lowest BCUT2D eigenvalue weighted by molar-refractivity contribution is 0.0929. The molecular formula is C10H15ClN2O2. The smallest absolute Gasteiger partial charge is 0.273 e. The summed E-state index contributed by atoms with van der Waals surface area (Å²) < 4.78 is 4.81. The molecule has 2 atom stereocenters. The first-order valence-electron chi connectivity index (χ1n) is 4.87. The number of alkyl halides is 1. The van der Waals surface area contributed by atoms with E-state index in [9.17, 15) is 4.79 Å². The van der Waals surface area contributed by atoms with Gasteiger partial charge in [0.05, 0.1) is 0 Å². The summed E-state index contributed by atoms with van der Waals surface area (Å²) in [6.07, 6.45) is 0.726. The fraction of sp³-hybridized carbons (Fsp3) is 0.600. The molecule has 1 heterocycles. The quantitative estimate of drug-likeness (QED) is 0.807. The molecule has 84 valence electrons. The summed E-state index contributed by atoms with van der Waals surface area (Å²) in [5, 5.41) is 6.46. The highest BCUT2D eigenvalue weighted by atomic mass is 35.5.